The molecule has 1 aliphatic carbocycles. The minimum atomic E-state index is 0.179. The predicted molar refractivity (Wildman–Crippen MR) is 71.4 cm³/mol. The molecule has 0 aromatic rings. The van der Waals surface area contributed by atoms with Gasteiger partial charge in [-0.1, -0.05) is 0 Å². The average molecular weight is 251 g/mol. The normalized spacial score (nSPS) is 34.3. The van der Waals surface area contributed by atoms with Gasteiger partial charge in [-0.2, -0.15) is 0 Å². The number of rotatable bonds is 4. The predicted octanol–water partition coefficient (Wildman–Crippen LogP) is 0.681. The summed E-state index contributed by atoms with van der Waals surface area (Å²) in [5.74, 6) is 1.09. The molecule has 3 aliphatic rings. The van der Waals surface area contributed by atoms with Crippen molar-refractivity contribution in [3.8, 4) is 0 Å². The zero-order valence-electron chi connectivity index (χ0n) is 11.4. The number of amides is 1. The van der Waals surface area contributed by atoms with Gasteiger partial charge in [0, 0.05) is 26.2 Å². The molecule has 2 aliphatic heterocycles. The summed E-state index contributed by atoms with van der Waals surface area (Å²) < 4.78 is 0. The molecule has 0 aromatic heterocycles. The maximum atomic E-state index is 12.1. The van der Waals surface area contributed by atoms with Crippen LogP contribution in [0.5, 0.6) is 0 Å². The fourth-order valence-corrected chi connectivity index (χ4v) is 3.31. The lowest BCUT2D eigenvalue weighted by Crippen LogP contribution is -2.48. The first-order valence-corrected chi connectivity index (χ1v) is 7.46. The molecule has 2 atom stereocenters. The Bertz CT molecular complexity index is 316. The topological polar surface area (TPSA) is 35.6 Å². The van der Waals surface area contributed by atoms with Crippen molar-refractivity contribution in [1.29, 1.82) is 0 Å². The second kappa shape index (κ2) is 5.17. The molecule has 4 heteroatoms. The van der Waals surface area contributed by atoms with Gasteiger partial charge in [-0.25, -0.2) is 0 Å². The summed E-state index contributed by atoms with van der Waals surface area (Å²) in [7, 11) is 1.93. The third-order valence-corrected chi connectivity index (χ3v) is 4.66. The Morgan fingerprint density at radius 2 is 2.06 bits per heavy atom. The van der Waals surface area contributed by atoms with E-state index in [-0.39, 0.29) is 6.04 Å². The van der Waals surface area contributed by atoms with E-state index in [1.807, 2.05) is 11.9 Å². The molecule has 1 amide bonds. The molecule has 0 aromatic carbocycles. The Morgan fingerprint density at radius 1 is 1.22 bits per heavy atom. The molecule has 2 saturated heterocycles. The van der Waals surface area contributed by atoms with Gasteiger partial charge in [0.2, 0.25) is 5.91 Å². The van der Waals surface area contributed by atoms with Crippen LogP contribution in [0.25, 0.3) is 0 Å². The minimum Gasteiger partial charge on any atom is -0.344 e. The number of carbonyl (C=O) groups excluding carboxylic acids is 1. The summed E-state index contributed by atoms with van der Waals surface area (Å²) in [6.07, 6.45) is 6.33. The summed E-state index contributed by atoms with van der Waals surface area (Å²) in [6, 6.07) is 0.985. The highest BCUT2D eigenvalue weighted by atomic mass is 16.2. The fraction of sp³-hybridized carbons (Fsp3) is 0.929. The Morgan fingerprint density at radius 3 is 2.72 bits per heavy atom. The summed E-state index contributed by atoms with van der Waals surface area (Å²) in [5, 5.41) is 3.64. The second-order valence-corrected chi connectivity index (χ2v) is 6.25. The van der Waals surface area contributed by atoms with E-state index in [2.05, 4.69) is 10.2 Å². The molecule has 3 fully saturated rings. The van der Waals surface area contributed by atoms with Crippen LogP contribution in [0.4, 0.5) is 0 Å². The number of piperidine rings is 1. The molecule has 0 bridgehead atoms. The lowest BCUT2D eigenvalue weighted by molar-refractivity contribution is -0.131. The van der Waals surface area contributed by atoms with E-state index in [1.165, 1.54) is 25.7 Å². The summed E-state index contributed by atoms with van der Waals surface area (Å²) in [4.78, 5) is 16.4. The largest absolute Gasteiger partial charge is 0.344 e. The number of likely N-dealkylation sites (tertiary alicyclic amines) is 2. The number of nitrogens with one attached hydrogen (secondary N) is 1. The first-order valence-electron chi connectivity index (χ1n) is 7.46. The first kappa shape index (κ1) is 12.4. The number of nitrogens with zero attached hydrogens (tertiary/aromatic N) is 2. The highest BCUT2D eigenvalue weighted by Crippen LogP contribution is 2.24. The maximum Gasteiger partial charge on any atom is 0.239 e. The number of hydrogen-bond acceptors (Lipinski definition) is 3. The number of carbonyl (C=O) groups is 1. The zero-order chi connectivity index (χ0) is 12.5. The van der Waals surface area contributed by atoms with E-state index in [0.29, 0.717) is 5.91 Å². The van der Waals surface area contributed by atoms with Gasteiger partial charge in [-0.3, -0.25) is 9.69 Å². The quantitative estimate of drug-likeness (QED) is 0.798. The van der Waals surface area contributed by atoms with Gasteiger partial charge < -0.3 is 10.2 Å². The van der Waals surface area contributed by atoms with Gasteiger partial charge in [0.25, 0.3) is 0 Å². The molecule has 4 nitrogen and oxygen atoms in total. The fourth-order valence-electron chi connectivity index (χ4n) is 3.31. The number of hydrogen-bond donors (Lipinski definition) is 1. The summed E-state index contributed by atoms with van der Waals surface area (Å²) in [5.41, 5.74) is 0. The monoisotopic (exact) mass is 251 g/mol. The molecule has 0 spiro atoms. The average Bonchev–Trinajstić information content (AvgIpc) is 3.15. The molecule has 2 heterocycles. The smallest absolute Gasteiger partial charge is 0.239 e. The minimum absolute atomic E-state index is 0.179. The van der Waals surface area contributed by atoms with Gasteiger partial charge >= 0.3 is 0 Å². The molecule has 2 unspecified atom stereocenters. The standard InChI is InChI=1S/C14H25N3O/c1-16-8-6-13(14(16)18)17-7-2-3-11(10-17)9-15-12-4-5-12/h11-13,15H,2-10H2,1H3. The molecule has 102 valence electrons. The van der Waals surface area contributed by atoms with Crippen molar-refractivity contribution in [1.82, 2.24) is 15.1 Å². The van der Waals surface area contributed by atoms with Gasteiger partial charge in [0.15, 0.2) is 0 Å². The third-order valence-electron chi connectivity index (χ3n) is 4.66. The van der Waals surface area contributed by atoms with Gasteiger partial charge in [-0.05, 0) is 51.1 Å². The van der Waals surface area contributed by atoms with E-state index in [1.54, 1.807) is 0 Å². The number of likely N-dealkylation sites (N-methyl/N-ethyl adjacent to an activating group) is 1. The lowest BCUT2D eigenvalue weighted by Gasteiger charge is -2.36. The van der Waals surface area contributed by atoms with Crippen LogP contribution in [0, 0.1) is 5.92 Å². The van der Waals surface area contributed by atoms with Gasteiger partial charge in [0.05, 0.1) is 6.04 Å². The molecule has 0 radical (unpaired) electrons. The SMILES string of the molecule is CN1CCC(N2CCCC(CNC3CC3)C2)C1=O. The van der Waals surface area contributed by atoms with Crippen LogP contribution < -0.4 is 5.32 Å². The molecule has 1 saturated carbocycles. The lowest BCUT2D eigenvalue weighted by atomic mass is 9.96. The Balaban J connectivity index is 1.51. The van der Waals surface area contributed by atoms with Crippen molar-refractivity contribution in [3.05, 3.63) is 0 Å². The van der Waals surface area contributed by atoms with Crippen molar-refractivity contribution in [2.75, 3.05) is 33.2 Å². The van der Waals surface area contributed by atoms with Crippen LogP contribution in [-0.2, 0) is 4.79 Å². The Labute approximate surface area is 110 Å². The van der Waals surface area contributed by atoms with Crippen molar-refractivity contribution >= 4 is 5.91 Å². The van der Waals surface area contributed by atoms with Crippen molar-refractivity contribution in [2.24, 2.45) is 5.92 Å². The zero-order valence-corrected chi connectivity index (χ0v) is 11.4. The van der Waals surface area contributed by atoms with Crippen LogP contribution >= 0.6 is 0 Å². The third kappa shape index (κ3) is 2.69. The van der Waals surface area contributed by atoms with Crippen LogP contribution in [0.1, 0.15) is 32.1 Å². The van der Waals surface area contributed by atoms with Crippen LogP contribution in [0.2, 0.25) is 0 Å². The molecular formula is C14H25N3O. The summed E-state index contributed by atoms with van der Waals surface area (Å²) >= 11 is 0. The van der Waals surface area contributed by atoms with Crippen molar-refractivity contribution < 1.29 is 4.79 Å². The molecular weight excluding hydrogens is 226 g/mol. The van der Waals surface area contributed by atoms with E-state index < -0.39 is 0 Å². The van der Waals surface area contributed by atoms with Gasteiger partial charge in [-0.15, -0.1) is 0 Å². The van der Waals surface area contributed by atoms with Crippen LogP contribution in [0.3, 0.4) is 0 Å². The Hall–Kier alpha value is -0.610. The van der Waals surface area contributed by atoms with Crippen molar-refractivity contribution in [2.45, 2.75) is 44.2 Å². The second-order valence-electron chi connectivity index (χ2n) is 6.25. The Kier molecular flexibility index (Phi) is 3.57. The highest BCUT2D eigenvalue weighted by molar-refractivity contribution is 5.83. The molecule has 1 N–H and O–H groups in total. The highest BCUT2D eigenvalue weighted by Gasteiger charge is 2.36. The van der Waals surface area contributed by atoms with E-state index >= 15 is 0 Å². The van der Waals surface area contributed by atoms with E-state index in [4.69, 9.17) is 0 Å². The van der Waals surface area contributed by atoms with Crippen LogP contribution in [-0.4, -0.2) is 61.0 Å². The molecule has 18 heavy (non-hydrogen) atoms. The molecule has 3 rings (SSSR count). The first-order chi connectivity index (χ1) is 8.74. The van der Waals surface area contributed by atoms with E-state index in [9.17, 15) is 4.79 Å². The van der Waals surface area contributed by atoms with Gasteiger partial charge in [0.1, 0.15) is 0 Å². The van der Waals surface area contributed by atoms with Crippen LogP contribution in [0.15, 0.2) is 0 Å². The van der Waals surface area contributed by atoms with Crippen molar-refractivity contribution in [3.63, 3.8) is 0 Å². The maximum absolute atomic E-state index is 12.1. The summed E-state index contributed by atoms with van der Waals surface area (Å²) in [6.45, 7) is 4.32. The van der Waals surface area contributed by atoms with E-state index in [0.717, 1.165) is 44.6 Å².